The molecule has 4 rings (SSSR count). The van der Waals surface area contributed by atoms with Crippen LogP contribution in [0.5, 0.6) is 0 Å². The van der Waals surface area contributed by atoms with E-state index in [0.717, 1.165) is 62.9 Å². The first kappa shape index (κ1) is 18.2. The minimum atomic E-state index is 0.0313. The van der Waals surface area contributed by atoms with Gasteiger partial charge >= 0.3 is 0 Å². The highest BCUT2D eigenvalue weighted by Crippen LogP contribution is 2.58. The average Bonchev–Trinajstić information content (AvgIpc) is 3.16. The van der Waals surface area contributed by atoms with E-state index < -0.39 is 0 Å². The van der Waals surface area contributed by atoms with Gasteiger partial charge in [0.1, 0.15) is 0 Å². The third kappa shape index (κ3) is 3.92. The predicted molar refractivity (Wildman–Crippen MR) is 96.0 cm³/mol. The monoisotopic (exact) mass is 352 g/mol. The zero-order chi connectivity index (χ0) is 17.2. The summed E-state index contributed by atoms with van der Waals surface area (Å²) in [6, 6.07) is 0. The van der Waals surface area contributed by atoms with Crippen LogP contribution in [-0.4, -0.2) is 39.0 Å². The highest BCUT2D eigenvalue weighted by atomic mass is 16.7. The molecule has 2 heterocycles. The molecule has 2 bridgehead atoms. The Balaban J connectivity index is 1.34. The summed E-state index contributed by atoms with van der Waals surface area (Å²) in [6.07, 6.45) is 8.38. The van der Waals surface area contributed by atoms with Crippen LogP contribution in [0.2, 0.25) is 0 Å². The zero-order valence-corrected chi connectivity index (χ0v) is 16.0. The Morgan fingerprint density at radius 2 is 1.20 bits per heavy atom. The van der Waals surface area contributed by atoms with Crippen LogP contribution in [0.3, 0.4) is 0 Å². The molecule has 0 spiro atoms. The minimum Gasteiger partial charge on any atom is -0.353 e. The Labute approximate surface area is 152 Å². The summed E-state index contributed by atoms with van der Waals surface area (Å²) in [4.78, 5) is 0. The summed E-state index contributed by atoms with van der Waals surface area (Å²) in [7, 11) is 0. The summed E-state index contributed by atoms with van der Waals surface area (Å²) in [5, 5.41) is 0. The van der Waals surface area contributed by atoms with Gasteiger partial charge in [0.15, 0.2) is 12.6 Å². The molecule has 0 aromatic rings. The average molecular weight is 353 g/mol. The molecule has 8 unspecified atom stereocenters. The Bertz CT molecular complexity index is 378. The summed E-state index contributed by atoms with van der Waals surface area (Å²) in [5.41, 5.74) is 0. The van der Waals surface area contributed by atoms with Crippen molar-refractivity contribution in [3.8, 4) is 0 Å². The van der Waals surface area contributed by atoms with Gasteiger partial charge in [-0.1, -0.05) is 13.8 Å². The number of fused-ring (bicyclic) bond motifs is 2. The van der Waals surface area contributed by atoms with E-state index >= 15 is 0 Å². The second kappa shape index (κ2) is 8.24. The summed E-state index contributed by atoms with van der Waals surface area (Å²) in [5.74, 6) is 4.48. The van der Waals surface area contributed by atoms with E-state index in [-0.39, 0.29) is 12.6 Å². The van der Waals surface area contributed by atoms with Gasteiger partial charge in [-0.15, -0.1) is 0 Å². The van der Waals surface area contributed by atoms with E-state index in [1.54, 1.807) is 0 Å². The van der Waals surface area contributed by atoms with Crippen LogP contribution in [0.4, 0.5) is 0 Å². The minimum absolute atomic E-state index is 0.0313. The highest BCUT2D eigenvalue weighted by molar-refractivity contribution is 5.02. The molecule has 25 heavy (non-hydrogen) atoms. The maximum Gasteiger partial charge on any atom is 0.157 e. The number of hydrogen-bond donors (Lipinski definition) is 0. The zero-order valence-electron chi connectivity index (χ0n) is 16.0. The second-order valence-corrected chi connectivity index (χ2v) is 8.87. The molecule has 8 atom stereocenters. The van der Waals surface area contributed by atoms with Crippen molar-refractivity contribution in [3.05, 3.63) is 0 Å². The van der Waals surface area contributed by atoms with E-state index in [4.69, 9.17) is 18.9 Å². The molecular weight excluding hydrogens is 316 g/mol. The molecule has 4 aliphatic rings. The maximum absolute atomic E-state index is 6.22. The molecule has 2 saturated carbocycles. The highest BCUT2D eigenvalue weighted by Gasteiger charge is 2.54. The van der Waals surface area contributed by atoms with Gasteiger partial charge in [0.05, 0.1) is 13.2 Å². The standard InChI is InChI=1S/C21H36O4/c1-14-15(2)17-11-16(14)18(12-24-20-7-3-5-9-22-20)19(17)13-25-21-8-4-6-10-23-21/h14-21H,3-13H2,1-2H3. The van der Waals surface area contributed by atoms with Crippen LogP contribution in [0.1, 0.15) is 58.8 Å². The van der Waals surface area contributed by atoms with Crippen molar-refractivity contribution in [2.24, 2.45) is 35.5 Å². The van der Waals surface area contributed by atoms with Crippen LogP contribution >= 0.6 is 0 Å². The van der Waals surface area contributed by atoms with Crippen molar-refractivity contribution >= 4 is 0 Å². The largest absolute Gasteiger partial charge is 0.353 e. The van der Waals surface area contributed by atoms with Crippen molar-refractivity contribution in [1.29, 1.82) is 0 Å². The first-order valence-corrected chi connectivity index (χ1v) is 10.7. The van der Waals surface area contributed by atoms with Gasteiger partial charge in [-0.25, -0.2) is 0 Å². The van der Waals surface area contributed by atoms with Crippen LogP contribution < -0.4 is 0 Å². The van der Waals surface area contributed by atoms with E-state index in [9.17, 15) is 0 Å². The topological polar surface area (TPSA) is 36.9 Å². The first-order chi connectivity index (χ1) is 12.2. The van der Waals surface area contributed by atoms with Gasteiger partial charge < -0.3 is 18.9 Å². The molecule has 0 N–H and O–H groups in total. The Kier molecular flexibility index (Phi) is 6.01. The lowest BCUT2D eigenvalue weighted by atomic mass is 9.70. The van der Waals surface area contributed by atoms with Crippen molar-refractivity contribution in [2.45, 2.75) is 71.4 Å². The van der Waals surface area contributed by atoms with Crippen LogP contribution in [0, 0.1) is 35.5 Å². The molecule has 2 aliphatic heterocycles. The van der Waals surface area contributed by atoms with E-state index in [0.29, 0.717) is 11.8 Å². The van der Waals surface area contributed by atoms with Crippen LogP contribution in [0.25, 0.3) is 0 Å². The van der Waals surface area contributed by atoms with Crippen LogP contribution in [0.15, 0.2) is 0 Å². The fourth-order valence-electron chi connectivity index (χ4n) is 5.90. The number of hydrogen-bond acceptors (Lipinski definition) is 4. The lowest BCUT2D eigenvalue weighted by Gasteiger charge is -2.39. The van der Waals surface area contributed by atoms with E-state index in [1.165, 1.54) is 32.1 Å². The van der Waals surface area contributed by atoms with Crippen molar-refractivity contribution in [2.75, 3.05) is 26.4 Å². The van der Waals surface area contributed by atoms with Gasteiger partial charge in [-0.05, 0) is 80.5 Å². The summed E-state index contributed by atoms with van der Waals surface area (Å²) >= 11 is 0. The predicted octanol–water partition coefficient (Wildman–Crippen LogP) is 4.23. The fourth-order valence-corrected chi connectivity index (χ4v) is 5.90. The Hall–Kier alpha value is -0.160. The van der Waals surface area contributed by atoms with Crippen molar-refractivity contribution in [1.82, 2.24) is 0 Å². The third-order valence-corrected chi connectivity index (χ3v) is 7.60. The molecule has 0 aromatic carbocycles. The molecule has 2 saturated heterocycles. The Morgan fingerprint density at radius 1 is 0.720 bits per heavy atom. The molecule has 0 aromatic heterocycles. The van der Waals surface area contributed by atoms with Gasteiger partial charge in [-0.3, -0.25) is 0 Å². The number of rotatable bonds is 6. The van der Waals surface area contributed by atoms with Gasteiger partial charge in [0.25, 0.3) is 0 Å². The van der Waals surface area contributed by atoms with Gasteiger partial charge in [-0.2, -0.15) is 0 Å². The molecule has 2 aliphatic carbocycles. The molecule has 0 amide bonds. The van der Waals surface area contributed by atoms with E-state index in [2.05, 4.69) is 13.8 Å². The van der Waals surface area contributed by atoms with Gasteiger partial charge in [0, 0.05) is 13.2 Å². The lowest BCUT2D eigenvalue weighted by Crippen LogP contribution is -2.39. The van der Waals surface area contributed by atoms with Crippen LogP contribution in [-0.2, 0) is 18.9 Å². The molecular formula is C21H36O4. The number of ether oxygens (including phenoxy) is 4. The van der Waals surface area contributed by atoms with Crippen molar-refractivity contribution in [3.63, 3.8) is 0 Å². The van der Waals surface area contributed by atoms with Gasteiger partial charge in [0.2, 0.25) is 0 Å². The summed E-state index contributed by atoms with van der Waals surface area (Å²) in [6.45, 7) is 8.31. The molecule has 4 nitrogen and oxygen atoms in total. The molecule has 144 valence electrons. The maximum atomic E-state index is 6.22. The fraction of sp³-hybridized carbons (Fsp3) is 1.00. The SMILES string of the molecule is CC1C(C)C2CC1C(COC1CCCCO1)C2COC1CCCCO1. The Morgan fingerprint density at radius 3 is 1.60 bits per heavy atom. The lowest BCUT2D eigenvalue weighted by molar-refractivity contribution is -0.192. The molecule has 4 heteroatoms. The van der Waals surface area contributed by atoms with Crippen molar-refractivity contribution < 1.29 is 18.9 Å². The smallest absolute Gasteiger partial charge is 0.157 e. The molecule has 4 fully saturated rings. The first-order valence-electron chi connectivity index (χ1n) is 10.7. The normalized spacial score (nSPS) is 47.3. The third-order valence-electron chi connectivity index (χ3n) is 7.60. The second-order valence-electron chi connectivity index (χ2n) is 8.87. The van der Waals surface area contributed by atoms with E-state index in [1.807, 2.05) is 0 Å². The summed E-state index contributed by atoms with van der Waals surface area (Å²) < 4.78 is 24.0. The quantitative estimate of drug-likeness (QED) is 0.717. The molecule has 0 radical (unpaired) electrons.